The fourth-order valence-electron chi connectivity index (χ4n) is 2.23. The summed E-state index contributed by atoms with van der Waals surface area (Å²) in [6.45, 7) is 5.35. The lowest BCUT2D eigenvalue weighted by Gasteiger charge is -2.26. The van der Waals surface area contributed by atoms with Crippen LogP contribution in [0.25, 0.3) is 0 Å². The van der Waals surface area contributed by atoms with Gasteiger partial charge in [0.25, 0.3) is 0 Å². The molecule has 1 aliphatic rings. The molecule has 1 aromatic carbocycles. The summed E-state index contributed by atoms with van der Waals surface area (Å²) < 4.78 is 0. The molecule has 1 aliphatic carbocycles. The number of hydrogen-bond donors (Lipinski definition) is 0. The van der Waals surface area contributed by atoms with Crippen LogP contribution in [0.2, 0.25) is 0 Å². The normalized spacial score (nSPS) is 14.6. The van der Waals surface area contributed by atoms with E-state index in [1.807, 2.05) is 12.1 Å². The van der Waals surface area contributed by atoms with E-state index in [9.17, 15) is 5.26 Å². The number of nitrogens with zero attached hydrogens (tertiary/aromatic N) is 2. The van der Waals surface area contributed by atoms with Crippen LogP contribution >= 0.6 is 0 Å². The summed E-state index contributed by atoms with van der Waals surface area (Å²) in [4.78, 5) is 2.42. The van der Waals surface area contributed by atoms with E-state index in [-0.39, 0.29) is 0 Å². The van der Waals surface area contributed by atoms with Crippen molar-refractivity contribution in [2.75, 3.05) is 11.4 Å². The van der Waals surface area contributed by atoms with Crippen LogP contribution in [-0.2, 0) is 0 Å². The van der Waals surface area contributed by atoms with Crippen molar-refractivity contribution >= 4 is 5.69 Å². The van der Waals surface area contributed by atoms with Crippen molar-refractivity contribution in [2.45, 2.75) is 39.2 Å². The minimum atomic E-state index is 0.674. The zero-order valence-electron chi connectivity index (χ0n) is 10.0. The van der Waals surface area contributed by atoms with Crippen LogP contribution in [0.3, 0.4) is 0 Å². The molecular weight excluding hydrogens is 196 g/mol. The van der Waals surface area contributed by atoms with Crippen LogP contribution < -0.4 is 4.90 Å². The van der Waals surface area contributed by atoms with Gasteiger partial charge in [-0.2, -0.15) is 5.26 Å². The largest absolute Gasteiger partial charge is 0.367 e. The number of nitriles is 1. The number of rotatable bonds is 4. The molecule has 0 N–H and O–H groups in total. The zero-order valence-corrected chi connectivity index (χ0v) is 10.0. The predicted molar refractivity (Wildman–Crippen MR) is 66.6 cm³/mol. The van der Waals surface area contributed by atoms with Gasteiger partial charge < -0.3 is 4.90 Å². The van der Waals surface area contributed by atoms with Crippen molar-refractivity contribution in [3.8, 4) is 6.07 Å². The lowest BCUT2D eigenvalue weighted by atomic mass is 10.1. The Morgan fingerprint density at radius 2 is 2.19 bits per heavy atom. The van der Waals surface area contributed by atoms with Gasteiger partial charge in [-0.25, -0.2) is 0 Å². The van der Waals surface area contributed by atoms with E-state index >= 15 is 0 Å². The second-order valence-corrected chi connectivity index (χ2v) is 4.51. The second-order valence-electron chi connectivity index (χ2n) is 4.51. The minimum absolute atomic E-state index is 0.674. The summed E-state index contributed by atoms with van der Waals surface area (Å²) in [5, 5.41) is 9.19. The molecular formula is C14H18N2. The maximum Gasteiger partial charge on any atom is 0.101 e. The van der Waals surface area contributed by atoms with Crippen LogP contribution in [0.1, 0.15) is 37.3 Å². The van der Waals surface area contributed by atoms with Gasteiger partial charge in [-0.15, -0.1) is 0 Å². The molecule has 0 saturated heterocycles. The van der Waals surface area contributed by atoms with Gasteiger partial charge in [0.05, 0.1) is 11.3 Å². The Bertz CT molecular complexity index is 413. The zero-order chi connectivity index (χ0) is 11.5. The van der Waals surface area contributed by atoms with Gasteiger partial charge in [0.15, 0.2) is 0 Å². The average molecular weight is 214 g/mol. The quantitative estimate of drug-likeness (QED) is 0.769. The van der Waals surface area contributed by atoms with Gasteiger partial charge in [0, 0.05) is 12.6 Å². The van der Waals surface area contributed by atoms with Crippen LogP contribution in [-0.4, -0.2) is 12.6 Å². The van der Waals surface area contributed by atoms with Crippen molar-refractivity contribution in [2.24, 2.45) is 0 Å². The summed E-state index contributed by atoms with van der Waals surface area (Å²) >= 11 is 0. The monoisotopic (exact) mass is 214 g/mol. The molecule has 0 heterocycles. The van der Waals surface area contributed by atoms with Gasteiger partial charge in [-0.1, -0.05) is 19.1 Å². The molecule has 0 atom stereocenters. The average Bonchev–Trinajstić information content (AvgIpc) is 3.10. The van der Waals surface area contributed by atoms with Crippen molar-refractivity contribution in [3.05, 3.63) is 29.3 Å². The van der Waals surface area contributed by atoms with E-state index in [1.54, 1.807) is 0 Å². The third-order valence-electron chi connectivity index (χ3n) is 3.10. The third-order valence-corrected chi connectivity index (χ3v) is 3.10. The number of benzene rings is 1. The fraction of sp³-hybridized carbons (Fsp3) is 0.500. The van der Waals surface area contributed by atoms with Crippen LogP contribution in [0.4, 0.5) is 5.69 Å². The van der Waals surface area contributed by atoms with Crippen molar-refractivity contribution in [1.29, 1.82) is 5.26 Å². The maximum atomic E-state index is 9.19. The summed E-state index contributed by atoms with van der Waals surface area (Å²) in [6, 6.07) is 8.98. The topological polar surface area (TPSA) is 27.0 Å². The standard InChI is InChI=1S/C14H18N2/c1-3-9-16(13-7-8-13)14-11(2)5-4-6-12(14)10-15/h4-6,13H,3,7-9H2,1-2H3. The first-order valence-corrected chi connectivity index (χ1v) is 6.04. The highest BCUT2D eigenvalue weighted by Crippen LogP contribution is 2.35. The molecule has 16 heavy (non-hydrogen) atoms. The first kappa shape index (κ1) is 11.0. The van der Waals surface area contributed by atoms with Crippen molar-refractivity contribution in [3.63, 3.8) is 0 Å². The molecule has 1 fully saturated rings. The summed E-state index contributed by atoms with van der Waals surface area (Å²) in [7, 11) is 0. The Morgan fingerprint density at radius 1 is 1.44 bits per heavy atom. The van der Waals surface area contributed by atoms with E-state index in [2.05, 4.69) is 30.9 Å². The molecule has 0 radical (unpaired) electrons. The number of aryl methyl sites for hydroxylation is 1. The Morgan fingerprint density at radius 3 is 2.75 bits per heavy atom. The first-order chi connectivity index (χ1) is 7.77. The maximum absolute atomic E-state index is 9.19. The third kappa shape index (κ3) is 2.04. The van der Waals surface area contributed by atoms with Crippen LogP contribution in [0.5, 0.6) is 0 Å². The minimum Gasteiger partial charge on any atom is -0.367 e. The molecule has 1 saturated carbocycles. The first-order valence-electron chi connectivity index (χ1n) is 6.04. The highest BCUT2D eigenvalue weighted by Gasteiger charge is 2.30. The lowest BCUT2D eigenvalue weighted by molar-refractivity contribution is 0.759. The van der Waals surface area contributed by atoms with E-state index in [4.69, 9.17) is 0 Å². The lowest BCUT2D eigenvalue weighted by Crippen LogP contribution is -2.28. The van der Waals surface area contributed by atoms with Crippen LogP contribution in [0, 0.1) is 18.3 Å². The van der Waals surface area contributed by atoms with Gasteiger partial charge in [-0.3, -0.25) is 0 Å². The smallest absolute Gasteiger partial charge is 0.101 e. The molecule has 84 valence electrons. The molecule has 0 unspecified atom stereocenters. The molecule has 2 heteroatoms. The number of anilines is 1. The predicted octanol–water partition coefficient (Wildman–Crippen LogP) is 3.25. The van der Waals surface area contributed by atoms with Gasteiger partial charge >= 0.3 is 0 Å². The van der Waals surface area contributed by atoms with Gasteiger partial charge in [0.2, 0.25) is 0 Å². The molecule has 2 nitrogen and oxygen atoms in total. The van der Waals surface area contributed by atoms with Gasteiger partial charge in [-0.05, 0) is 37.8 Å². The summed E-state index contributed by atoms with van der Waals surface area (Å²) in [5.74, 6) is 0. The van der Waals surface area contributed by atoms with E-state index in [0.29, 0.717) is 6.04 Å². The SMILES string of the molecule is CCCN(c1c(C)cccc1C#N)C1CC1. The summed E-state index contributed by atoms with van der Waals surface area (Å²) in [6.07, 6.45) is 3.69. The second kappa shape index (κ2) is 4.57. The fourth-order valence-corrected chi connectivity index (χ4v) is 2.23. The molecule has 0 amide bonds. The highest BCUT2D eigenvalue weighted by molar-refractivity contribution is 5.65. The molecule has 0 spiro atoms. The Balaban J connectivity index is 2.39. The Labute approximate surface area is 97.5 Å². The molecule has 0 aliphatic heterocycles. The van der Waals surface area contributed by atoms with E-state index in [1.165, 1.54) is 18.4 Å². The molecule has 2 rings (SSSR count). The van der Waals surface area contributed by atoms with Gasteiger partial charge in [0.1, 0.15) is 6.07 Å². The molecule has 0 bridgehead atoms. The molecule has 1 aromatic rings. The van der Waals surface area contributed by atoms with E-state index in [0.717, 1.165) is 24.2 Å². The van der Waals surface area contributed by atoms with Crippen molar-refractivity contribution in [1.82, 2.24) is 0 Å². The number of para-hydroxylation sites is 1. The summed E-state index contributed by atoms with van der Waals surface area (Å²) in [5.41, 5.74) is 3.20. The number of hydrogen-bond acceptors (Lipinski definition) is 2. The van der Waals surface area contributed by atoms with Crippen molar-refractivity contribution < 1.29 is 0 Å². The Kier molecular flexibility index (Phi) is 3.14. The highest BCUT2D eigenvalue weighted by atomic mass is 15.2. The van der Waals surface area contributed by atoms with E-state index < -0.39 is 0 Å². The Hall–Kier alpha value is -1.49. The van der Waals surface area contributed by atoms with Crippen LogP contribution in [0.15, 0.2) is 18.2 Å². The molecule has 0 aromatic heterocycles.